The van der Waals surface area contributed by atoms with Crippen LogP contribution in [-0.2, 0) is 4.74 Å². The largest absolute Gasteiger partial charge is 0.377 e. The highest BCUT2D eigenvalue weighted by Gasteiger charge is 2.14. The van der Waals surface area contributed by atoms with Crippen molar-refractivity contribution in [2.75, 3.05) is 19.0 Å². The molecule has 0 amide bonds. The summed E-state index contributed by atoms with van der Waals surface area (Å²) >= 11 is 4.20. The van der Waals surface area contributed by atoms with Gasteiger partial charge in [0.15, 0.2) is 0 Å². The van der Waals surface area contributed by atoms with Crippen LogP contribution in [0, 0.1) is 5.41 Å². The van der Waals surface area contributed by atoms with Crippen molar-refractivity contribution in [2.24, 2.45) is 5.41 Å². The molecule has 0 saturated carbocycles. The van der Waals surface area contributed by atoms with Gasteiger partial charge < -0.3 is 4.74 Å². The van der Waals surface area contributed by atoms with E-state index in [-0.39, 0.29) is 5.41 Å². The first-order valence-corrected chi connectivity index (χ1v) is 4.05. The van der Waals surface area contributed by atoms with Crippen molar-refractivity contribution in [2.45, 2.75) is 13.8 Å². The quantitative estimate of drug-likeness (QED) is 0.368. The average Bonchev–Trinajstić information content (AvgIpc) is 1.89. The third kappa shape index (κ3) is 4.89. The number of hydrogen-bond donors (Lipinski definition) is 1. The Morgan fingerprint density at radius 1 is 1.60 bits per heavy atom. The minimum Gasteiger partial charge on any atom is -0.377 e. The average molecular weight is 160 g/mol. The Morgan fingerprint density at radius 2 is 2.20 bits per heavy atom. The lowest BCUT2D eigenvalue weighted by Crippen LogP contribution is -2.21. The molecule has 0 saturated heterocycles. The number of rotatable bonds is 5. The van der Waals surface area contributed by atoms with E-state index >= 15 is 0 Å². The molecule has 0 aliphatic heterocycles. The standard InChI is InChI=1S/C8H16OS/c1-4-5-9-6-8(2,3)7-10/h4,10H,1,5-7H2,2-3H3. The van der Waals surface area contributed by atoms with Crippen LogP contribution in [-0.4, -0.2) is 19.0 Å². The fourth-order valence-electron chi connectivity index (χ4n) is 0.464. The van der Waals surface area contributed by atoms with Crippen molar-refractivity contribution in [3.63, 3.8) is 0 Å². The van der Waals surface area contributed by atoms with Crippen LogP contribution in [0.1, 0.15) is 13.8 Å². The van der Waals surface area contributed by atoms with Gasteiger partial charge in [0.25, 0.3) is 0 Å². The molecule has 0 fully saturated rings. The van der Waals surface area contributed by atoms with Crippen molar-refractivity contribution in [1.29, 1.82) is 0 Å². The first kappa shape index (κ1) is 10.0. The zero-order valence-electron chi connectivity index (χ0n) is 6.76. The van der Waals surface area contributed by atoms with Crippen LogP contribution in [0.25, 0.3) is 0 Å². The number of ether oxygens (including phenoxy) is 1. The predicted octanol–water partition coefficient (Wildman–Crippen LogP) is 2.15. The Bertz CT molecular complexity index is 99.4. The van der Waals surface area contributed by atoms with Gasteiger partial charge in [-0.3, -0.25) is 0 Å². The van der Waals surface area contributed by atoms with Crippen LogP contribution in [0.15, 0.2) is 12.7 Å². The summed E-state index contributed by atoms with van der Waals surface area (Å²) in [5, 5.41) is 0. The van der Waals surface area contributed by atoms with Crippen molar-refractivity contribution in [3.05, 3.63) is 12.7 Å². The summed E-state index contributed by atoms with van der Waals surface area (Å²) in [7, 11) is 0. The third-order valence-corrected chi connectivity index (χ3v) is 2.01. The number of hydrogen-bond acceptors (Lipinski definition) is 2. The minimum absolute atomic E-state index is 0.187. The lowest BCUT2D eigenvalue weighted by atomic mass is 9.98. The smallest absolute Gasteiger partial charge is 0.0645 e. The van der Waals surface area contributed by atoms with E-state index in [1.807, 2.05) is 0 Å². The second kappa shape index (κ2) is 4.80. The first-order chi connectivity index (χ1) is 4.62. The highest BCUT2D eigenvalue weighted by Crippen LogP contribution is 2.16. The monoisotopic (exact) mass is 160 g/mol. The lowest BCUT2D eigenvalue weighted by Gasteiger charge is -2.20. The summed E-state index contributed by atoms with van der Waals surface area (Å²) in [6, 6.07) is 0. The molecule has 0 aromatic rings. The summed E-state index contributed by atoms with van der Waals surface area (Å²) < 4.78 is 5.27. The first-order valence-electron chi connectivity index (χ1n) is 3.42. The molecule has 1 nitrogen and oxygen atoms in total. The lowest BCUT2D eigenvalue weighted by molar-refractivity contribution is 0.0937. The van der Waals surface area contributed by atoms with Gasteiger partial charge in [-0.25, -0.2) is 0 Å². The van der Waals surface area contributed by atoms with Gasteiger partial charge in [0.05, 0.1) is 13.2 Å². The molecule has 0 unspecified atom stereocenters. The fraction of sp³-hybridized carbons (Fsp3) is 0.750. The maximum atomic E-state index is 5.27. The van der Waals surface area contributed by atoms with Crippen molar-refractivity contribution < 1.29 is 4.74 Å². The SMILES string of the molecule is C=CCOCC(C)(C)CS. The summed E-state index contributed by atoms with van der Waals surface area (Å²) in [5.41, 5.74) is 0.187. The molecule has 0 aliphatic carbocycles. The van der Waals surface area contributed by atoms with E-state index in [9.17, 15) is 0 Å². The Balaban J connectivity index is 3.36. The third-order valence-electron chi connectivity index (χ3n) is 1.16. The van der Waals surface area contributed by atoms with Gasteiger partial charge in [-0.2, -0.15) is 12.6 Å². The summed E-state index contributed by atoms with van der Waals surface area (Å²) in [6.45, 7) is 9.21. The molecule has 0 bridgehead atoms. The Labute approximate surface area is 68.9 Å². The second-order valence-corrected chi connectivity index (χ2v) is 3.44. The van der Waals surface area contributed by atoms with Gasteiger partial charge in [-0.15, -0.1) is 6.58 Å². The molecule has 0 aromatic heterocycles. The van der Waals surface area contributed by atoms with Crippen LogP contribution in [0.3, 0.4) is 0 Å². The molecule has 10 heavy (non-hydrogen) atoms. The zero-order valence-corrected chi connectivity index (χ0v) is 7.66. The molecule has 2 heteroatoms. The second-order valence-electron chi connectivity index (χ2n) is 3.13. The Morgan fingerprint density at radius 3 is 2.60 bits per heavy atom. The van der Waals surface area contributed by atoms with Gasteiger partial charge in [0.1, 0.15) is 0 Å². The number of thiol groups is 1. The normalized spacial score (nSPS) is 11.5. The summed E-state index contributed by atoms with van der Waals surface area (Å²) in [5.74, 6) is 0.851. The van der Waals surface area contributed by atoms with E-state index in [1.165, 1.54) is 0 Å². The molecule has 0 rings (SSSR count). The molecular formula is C8H16OS. The highest BCUT2D eigenvalue weighted by atomic mass is 32.1. The molecule has 0 aromatic carbocycles. The molecular weight excluding hydrogens is 144 g/mol. The van der Waals surface area contributed by atoms with Gasteiger partial charge in [-0.05, 0) is 11.2 Å². The molecule has 60 valence electrons. The molecule has 0 heterocycles. The summed E-state index contributed by atoms with van der Waals surface area (Å²) in [4.78, 5) is 0. The van der Waals surface area contributed by atoms with Crippen LogP contribution in [0.2, 0.25) is 0 Å². The van der Waals surface area contributed by atoms with Crippen molar-refractivity contribution in [1.82, 2.24) is 0 Å². The molecule has 0 N–H and O–H groups in total. The van der Waals surface area contributed by atoms with Gasteiger partial charge >= 0.3 is 0 Å². The van der Waals surface area contributed by atoms with E-state index in [0.717, 1.165) is 12.4 Å². The van der Waals surface area contributed by atoms with Crippen LogP contribution in [0.5, 0.6) is 0 Å². The molecule has 0 radical (unpaired) electrons. The van der Waals surface area contributed by atoms with E-state index < -0.39 is 0 Å². The van der Waals surface area contributed by atoms with E-state index in [2.05, 4.69) is 33.1 Å². The summed E-state index contributed by atoms with van der Waals surface area (Å²) in [6.07, 6.45) is 1.76. The van der Waals surface area contributed by atoms with E-state index in [1.54, 1.807) is 6.08 Å². The maximum absolute atomic E-state index is 5.27. The van der Waals surface area contributed by atoms with Crippen LogP contribution >= 0.6 is 12.6 Å². The molecule has 0 spiro atoms. The molecule has 0 aliphatic rings. The van der Waals surface area contributed by atoms with Crippen molar-refractivity contribution >= 4 is 12.6 Å². The zero-order chi connectivity index (χ0) is 8.04. The van der Waals surface area contributed by atoms with E-state index in [4.69, 9.17) is 4.74 Å². The van der Waals surface area contributed by atoms with Gasteiger partial charge in [0.2, 0.25) is 0 Å². The minimum atomic E-state index is 0.187. The molecule has 0 atom stereocenters. The Hall–Kier alpha value is 0.0500. The van der Waals surface area contributed by atoms with Crippen molar-refractivity contribution in [3.8, 4) is 0 Å². The van der Waals surface area contributed by atoms with Crippen LogP contribution < -0.4 is 0 Å². The van der Waals surface area contributed by atoms with Gasteiger partial charge in [0, 0.05) is 0 Å². The maximum Gasteiger partial charge on any atom is 0.0645 e. The van der Waals surface area contributed by atoms with E-state index in [0.29, 0.717) is 6.61 Å². The van der Waals surface area contributed by atoms with Gasteiger partial charge in [-0.1, -0.05) is 19.9 Å². The van der Waals surface area contributed by atoms with Crippen LogP contribution in [0.4, 0.5) is 0 Å². The Kier molecular flexibility index (Phi) is 4.83. The topological polar surface area (TPSA) is 9.23 Å². The highest BCUT2D eigenvalue weighted by molar-refractivity contribution is 7.80. The fourth-order valence-corrected chi connectivity index (χ4v) is 0.555. The predicted molar refractivity (Wildman–Crippen MR) is 48.7 cm³/mol.